The molecule has 4 rings (SSSR count). The van der Waals surface area contributed by atoms with Crippen LogP contribution >= 0.6 is 11.6 Å². The van der Waals surface area contributed by atoms with E-state index in [1.807, 2.05) is 24.4 Å². The van der Waals surface area contributed by atoms with Crippen molar-refractivity contribution in [3.8, 4) is 22.3 Å². The highest BCUT2D eigenvalue weighted by molar-refractivity contribution is 6.33. The van der Waals surface area contributed by atoms with Crippen LogP contribution in [0.5, 0.6) is 0 Å². The van der Waals surface area contributed by atoms with E-state index >= 15 is 0 Å². The van der Waals surface area contributed by atoms with Crippen LogP contribution in [-0.4, -0.2) is 24.2 Å². The van der Waals surface area contributed by atoms with Gasteiger partial charge in [-0.3, -0.25) is 9.59 Å². The molecule has 7 heteroatoms. The number of anilines is 2. The third-order valence-corrected chi connectivity index (χ3v) is 8.04. The number of halogens is 1. The minimum absolute atomic E-state index is 0.250. The van der Waals surface area contributed by atoms with Crippen molar-refractivity contribution >= 4 is 47.6 Å². The Balaban J connectivity index is 0.00000185. The van der Waals surface area contributed by atoms with Crippen LogP contribution in [0.2, 0.25) is 5.02 Å². The van der Waals surface area contributed by atoms with Crippen LogP contribution in [0.1, 0.15) is 57.2 Å². The van der Waals surface area contributed by atoms with E-state index in [-0.39, 0.29) is 6.47 Å². The molecule has 6 nitrogen and oxygen atoms in total. The third-order valence-electron chi connectivity index (χ3n) is 7.72. The van der Waals surface area contributed by atoms with Crippen molar-refractivity contribution in [3.05, 3.63) is 125 Å². The molecule has 0 radical (unpaired) electrons. The Bertz CT molecular complexity index is 1660. The van der Waals surface area contributed by atoms with Crippen LogP contribution in [0, 0.1) is 0 Å². The van der Waals surface area contributed by atoms with Gasteiger partial charge in [-0.15, -0.1) is 0 Å². The SMILES string of the molecule is C=CN(/N=C\CCC)c1ccc(-c2ccc(-c3cc(/C(C)=C(\C)Cc4ccc(CC)cc4)c(NC=O)cc3Cl)cc2)cc1.O=CO. The van der Waals surface area contributed by atoms with Gasteiger partial charge in [-0.05, 0) is 90.8 Å². The molecule has 0 aliphatic carbocycles. The van der Waals surface area contributed by atoms with E-state index < -0.39 is 0 Å². The van der Waals surface area contributed by atoms with Gasteiger partial charge in [0.25, 0.3) is 6.47 Å². The minimum atomic E-state index is -0.250. The normalized spacial score (nSPS) is 11.2. The summed E-state index contributed by atoms with van der Waals surface area (Å²) in [4.78, 5) is 19.8. The smallest absolute Gasteiger partial charge is 0.290 e. The quantitative estimate of drug-likeness (QED) is 0.0870. The number of nitrogens with zero attached hydrogens (tertiary/aromatic N) is 2. The summed E-state index contributed by atoms with van der Waals surface area (Å²) in [7, 11) is 0. The molecule has 0 aliphatic heterocycles. The summed E-state index contributed by atoms with van der Waals surface area (Å²) in [5, 5.41) is 16.6. The summed E-state index contributed by atoms with van der Waals surface area (Å²) in [6, 6.07) is 29.4. The van der Waals surface area contributed by atoms with Crippen LogP contribution in [-0.2, 0) is 22.4 Å². The molecule has 4 aromatic carbocycles. The molecule has 0 spiro atoms. The average molecular weight is 636 g/mol. The Morgan fingerprint density at radius 1 is 0.891 bits per heavy atom. The van der Waals surface area contributed by atoms with E-state index in [0.29, 0.717) is 17.1 Å². The van der Waals surface area contributed by atoms with Gasteiger partial charge in [-0.2, -0.15) is 5.10 Å². The van der Waals surface area contributed by atoms with Crippen molar-refractivity contribution in [1.29, 1.82) is 0 Å². The highest BCUT2D eigenvalue weighted by atomic mass is 35.5. The second-order valence-corrected chi connectivity index (χ2v) is 11.1. The van der Waals surface area contributed by atoms with Crippen LogP contribution in [0.4, 0.5) is 11.4 Å². The summed E-state index contributed by atoms with van der Waals surface area (Å²) in [5.41, 5.74) is 11.7. The molecule has 0 bridgehead atoms. The molecule has 46 heavy (non-hydrogen) atoms. The molecule has 2 N–H and O–H groups in total. The summed E-state index contributed by atoms with van der Waals surface area (Å²) >= 11 is 6.78. The van der Waals surface area contributed by atoms with Gasteiger partial charge in [0.1, 0.15) is 0 Å². The Morgan fingerprint density at radius 2 is 1.46 bits per heavy atom. The molecule has 0 atom stereocenters. The van der Waals surface area contributed by atoms with Gasteiger partial charge < -0.3 is 10.4 Å². The monoisotopic (exact) mass is 635 g/mol. The summed E-state index contributed by atoms with van der Waals surface area (Å²) in [6.45, 7) is 12.2. The van der Waals surface area contributed by atoms with Crippen LogP contribution < -0.4 is 10.3 Å². The second kappa shape index (κ2) is 18.1. The third kappa shape index (κ3) is 9.53. The van der Waals surface area contributed by atoms with E-state index in [4.69, 9.17) is 21.5 Å². The number of hydrogen-bond acceptors (Lipinski definition) is 4. The van der Waals surface area contributed by atoms with Gasteiger partial charge in [-0.1, -0.05) is 105 Å². The number of rotatable bonds is 13. The standard InChI is InChI=1S/C38H40ClN3O.CH2O2/c1-6-9-22-41-42(8-3)34-20-18-32(19-21-34)31-14-16-33(17-15-31)36-24-35(38(40-26-43)25-37(36)39)28(5)27(4)23-30-12-10-29(7-2)11-13-30;2-1-3/h8,10-22,24-26H,3,6-7,9,23H2,1-2,4-5H3,(H,40,43);1H,(H,2,3)/b28-27+,41-22-;. The molecular formula is C39H42ClN3O3. The number of carboxylic acid groups (broad SMARTS) is 1. The highest BCUT2D eigenvalue weighted by Crippen LogP contribution is 2.38. The van der Waals surface area contributed by atoms with Crippen molar-refractivity contribution < 1.29 is 14.7 Å². The maximum atomic E-state index is 11.5. The van der Waals surface area contributed by atoms with E-state index in [1.54, 1.807) is 11.2 Å². The molecule has 0 saturated carbocycles. The number of unbranched alkanes of at least 4 members (excludes halogenated alkanes) is 1. The lowest BCUT2D eigenvalue weighted by Gasteiger charge is -2.17. The van der Waals surface area contributed by atoms with Gasteiger partial charge in [0.05, 0.1) is 10.7 Å². The maximum absolute atomic E-state index is 11.5. The van der Waals surface area contributed by atoms with Crippen LogP contribution in [0.25, 0.3) is 27.8 Å². The van der Waals surface area contributed by atoms with Gasteiger partial charge in [-0.25, -0.2) is 5.01 Å². The number of carbonyl (C=O) groups is 2. The first-order valence-electron chi connectivity index (χ1n) is 15.3. The minimum Gasteiger partial charge on any atom is -0.483 e. The topological polar surface area (TPSA) is 82.0 Å². The Labute approximate surface area is 277 Å². The van der Waals surface area contributed by atoms with E-state index in [2.05, 4.69) is 111 Å². The zero-order valence-corrected chi connectivity index (χ0v) is 27.7. The van der Waals surface area contributed by atoms with Gasteiger partial charge in [0.2, 0.25) is 6.41 Å². The lowest BCUT2D eigenvalue weighted by molar-refractivity contribution is -0.122. The van der Waals surface area contributed by atoms with Crippen LogP contribution in [0.3, 0.4) is 0 Å². The highest BCUT2D eigenvalue weighted by Gasteiger charge is 2.14. The number of benzene rings is 4. The summed E-state index contributed by atoms with van der Waals surface area (Å²) < 4.78 is 0. The van der Waals surface area contributed by atoms with Crippen molar-refractivity contribution in [2.75, 3.05) is 10.3 Å². The molecule has 0 heterocycles. The predicted molar refractivity (Wildman–Crippen MR) is 195 cm³/mol. The first-order valence-corrected chi connectivity index (χ1v) is 15.7. The number of allylic oxidation sites excluding steroid dienone is 2. The largest absolute Gasteiger partial charge is 0.483 e. The number of nitrogens with one attached hydrogen (secondary N) is 1. The maximum Gasteiger partial charge on any atom is 0.290 e. The van der Waals surface area contributed by atoms with Gasteiger partial charge in [0.15, 0.2) is 0 Å². The average Bonchev–Trinajstić information content (AvgIpc) is 3.08. The number of hydrogen-bond donors (Lipinski definition) is 2. The predicted octanol–water partition coefficient (Wildman–Crippen LogP) is 10.3. The summed E-state index contributed by atoms with van der Waals surface area (Å²) in [5.74, 6) is 0. The molecule has 0 unspecified atom stereocenters. The zero-order valence-electron chi connectivity index (χ0n) is 27.0. The number of amides is 1. The number of hydrazone groups is 1. The van der Waals surface area contributed by atoms with E-state index in [1.165, 1.54) is 16.7 Å². The molecule has 0 aromatic heterocycles. The molecule has 0 aliphatic rings. The van der Waals surface area contributed by atoms with Gasteiger partial charge in [0, 0.05) is 29.2 Å². The lowest BCUT2D eigenvalue weighted by atomic mass is 9.92. The Morgan fingerprint density at radius 3 is 2.00 bits per heavy atom. The molecular weight excluding hydrogens is 594 g/mol. The van der Waals surface area contributed by atoms with Crippen LogP contribution in [0.15, 0.2) is 108 Å². The Kier molecular flexibility index (Phi) is 14.0. The van der Waals surface area contributed by atoms with Crippen molar-refractivity contribution in [3.63, 3.8) is 0 Å². The first kappa shape index (κ1) is 35.5. The number of carbonyl (C=O) groups excluding carboxylic acids is 1. The molecule has 4 aromatic rings. The first-order chi connectivity index (χ1) is 22.3. The molecule has 1 amide bonds. The zero-order chi connectivity index (χ0) is 33.5. The van der Waals surface area contributed by atoms with E-state index in [9.17, 15) is 4.79 Å². The van der Waals surface area contributed by atoms with Crippen molar-refractivity contribution in [2.45, 2.75) is 53.4 Å². The fraction of sp³-hybridized carbons (Fsp3) is 0.205. The summed E-state index contributed by atoms with van der Waals surface area (Å²) in [6.07, 6.45) is 8.17. The van der Waals surface area contributed by atoms with Crippen molar-refractivity contribution in [1.82, 2.24) is 0 Å². The second-order valence-electron chi connectivity index (χ2n) is 10.7. The molecule has 238 valence electrons. The molecule has 0 fully saturated rings. The fourth-order valence-corrected chi connectivity index (χ4v) is 5.26. The van der Waals surface area contributed by atoms with Crippen molar-refractivity contribution in [2.24, 2.45) is 5.10 Å². The number of aryl methyl sites for hydroxylation is 1. The van der Waals surface area contributed by atoms with E-state index in [0.717, 1.165) is 64.8 Å². The van der Waals surface area contributed by atoms with Gasteiger partial charge >= 0.3 is 0 Å². The molecule has 0 saturated heterocycles. The Hall–Kier alpha value is -4.94. The fourth-order valence-electron chi connectivity index (χ4n) is 4.99. The lowest BCUT2D eigenvalue weighted by Crippen LogP contribution is -2.06.